The van der Waals surface area contributed by atoms with Crippen LogP contribution in [-0.4, -0.2) is 26.4 Å². The highest BCUT2D eigenvalue weighted by Crippen LogP contribution is 2.34. The van der Waals surface area contributed by atoms with Crippen LogP contribution in [0.5, 0.6) is 17.2 Å². The Bertz CT molecular complexity index is 837. The van der Waals surface area contributed by atoms with E-state index in [0.717, 1.165) is 34.8 Å². The van der Waals surface area contributed by atoms with E-state index in [1.54, 1.807) is 7.11 Å². The highest BCUT2D eigenvalue weighted by molar-refractivity contribution is 5.75. The molecule has 0 bridgehead atoms. The van der Waals surface area contributed by atoms with Crippen molar-refractivity contribution in [1.82, 2.24) is 10.6 Å². The fraction of sp³-hybridized carbons (Fsp3) is 0.435. The van der Waals surface area contributed by atoms with Crippen LogP contribution >= 0.6 is 0 Å². The molecule has 0 unspecified atom stereocenters. The van der Waals surface area contributed by atoms with Gasteiger partial charge in [0.2, 0.25) is 0 Å². The van der Waals surface area contributed by atoms with E-state index in [1.807, 2.05) is 49.4 Å². The molecule has 3 rings (SSSR count). The number of ether oxygens (including phenoxy) is 3. The minimum Gasteiger partial charge on any atom is -0.496 e. The zero-order valence-corrected chi connectivity index (χ0v) is 17.5. The molecule has 2 aromatic rings. The van der Waals surface area contributed by atoms with E-state index in [4.69, 9.17) is 14.2 Å². The number of methoxy groups -OCH3 is 1. The molecule has 2 amide bonds. The van der Waals surface area contributed by atoms with Gasteiger partial charge in [0.25, 0.3) is 0 Å². The fourth-order valence-electron chi connectivity index (χ4n) is 3.49. The number of benzene rings is 2. The van der Waals surface area contributed by atoms with Crippen LogP contribution in [0.4, 0.5) is 4.79 Å². The van der Waals surface area contributed by atoms with Gasteiger partial charge in [-0.2, -0.15) is 0 Å². The quantitative estimate of drug-likeness (QED) is 0.745. The third-order valence-electron chi connectivity index (χ3n) is 5.04. The molecule has 0 radical (unpaired) electrons. The predicted octanol–water partition coefficient (Wildman–Crippen LogP) is 4.61. The molecule has 6 nitrogen and oxygen atoms in total. The van der Waals surface area contributed by atoms with Gasteiger partial charge in [-0.15, -0.1) is 0 Å². The molecule has 0 aliphatic carbocycles. The summed E-state index contributed by atoms with van der Waals surface area (Å²) in [6, 6.07) is 13.0. The molecule has 2 atom stereocenters. The molecule has 6 heteroatoms. The van der Waals surface area contributed by atoms with Crippen molar-refractivity contribution in [2.24, 2.45) is 5.92 Å². The topological polar surface area (TPSA) is 68.8 Å². The Morgan fingerprint density at radius 1 is 1.00 bits per heavy atom. The average Bonchev–Trinajstić information content (AvgIpc) is 2.96. The Morgan fingerprint density at radius 2 is 1.72 bits per heavy atom. The monoisotopic (exact) mass is 398 g/mol. The third-order valence-corrected chi connectivity index (χ3v) is 5.04. The van der Waals surface area contributed by atoms with Gasteiger partial charge in [-0.3, -0.25) is 0 Å². The molecule has 0 aromatic heterocycles. The maximum absolute atomic E-state index is 12.7. The average molecular weight is 399 g/mol. The molecule has 156 valence electrons. The number of rotatable bonds is 6. The number of carbonyl (C=O) groups is 1. The van der Waals surface area contributed by atoms with Crippen molar-refractivity contribution in [2.75, 3.05) is 20.3 Å². The van der Waals surface area contributed by atoms with Crippen LogP contribution < -0.4 is 24.8 Å². The summed E-state index contributed by atoms with van der Waals surface area (Å²) >= 11 is 0. The smallest absolute Gasteiger partial charge is 0.315 e. The summed E-state index contributed by atoms with van der Waals surface area (Å²) in [6.07, 6.45) is 0.860. The maximum atomic E-state index is 12.7. The van der Waals surface area contributed by atoms with Crippen molar-refractivity contribution < 1.29 is 19.0 Å². The Morgan fingerprint density at radius 3 is 2.45 bits per heavy atom. The summed E-state index contributed by atoms with van der Waals surface area (Å²) in [4.78, 5) is 12.7. The van der Waals surface area contributed by atoms with Crippen molar-refractivity contribution in [3.8, 4) is 17.2 Å². The van der Waals surface area contributed by atoms with Crippen molar-refractivity contribution in [1.29, 1.82) is 0 Å². The van der Waals surface area contributed by atoms with Crippen LogP contribution in [0.25, 0.3) is 0 Å². The van der Waals surface area contributed by atoms with Crippen molar-refractivity contribution in [3.63, 3.8) is 0 Å². The number of hydrogen-bond acceptors (Lipinski definition) is 4. The molecule has 0 fully saturated rings. The molecule has 0 spiro atoms. The molecule has 0 saturated carbocycles. The largest absolute Gasteiger partial charge is 0.496 e. The van der Waals surface area contributed by atoms with E-state index in [9.17, 15) is 4.79 Å². The highest BCUT2D eigenvalue weighted by atomic mass is 16.5. The molecule has 2 N–H and O–H groups in total. The van der Waals surface area contributed by atoms with E-state index < -0.39 is 0 Å². The van der Waals surface area contributed by atoms with Gasteiger partial charge >= 0.3 is 6.03 Å². The summed E-state index contributed by atoms with van der Waals surface area (Å²) in [5.41, 5.74) is 1.92. The summed E-state index contributed by atoms with van der Waals surface area (Å²) in [6.45, 7) is 7.39. The van der Waals surface area contributed by atoms with E-state index in [-0.39, 0.29) is 24.0 Å². The predicted molar refractivity (Wildman–Crippen MR) is 113 cm³/mol. The molecule has 1 aliphatic heterocycles. The zero-order chi connectivity index (χ0) is 20.8. The van der Waals surface area contributed by atoms with Gasteiger partial charge in [0, 0.05) is 12.0 Å². The second-order valence-electron chi connectivity index (χ2n) is 7.56. The lowest BCUT2D eigenvalue weighted by molar-refractivity contribution is 0.229. The molecular weight excluding hydrogens is 368 g/mol. The van der Waals surface area contributed by atoms with E-state index in [0.29, 0.717) is 13.2 Å². The third kappa shape index (κ3) is 5.13. The first-order valence-electron chi connectivity index (χ1n) is 10.1. The van der Waals surface area contributed by atoms with Gasteiger partial charge in [0.05, 0.1) is 32.4 Å². The van der Waals surface area contributed by atoms with Gasteiger partial charge in [-0.25, -0.2) is 4.79 Å². The Kier molecular flexibility index (Phi) is 6.86. The molecule has 1 heterocycles. The first-order valence-corrected chi connectivity index (χ1v) is 10.1. The zero-order valence-electron chi connectivity index (χ0n) is 17.5. The Balaban J connectivity index is 1.72. The van der Waals surface area contributed by atoms with E-state index in [1.165, 1.54) is 0 Å². The number of carbonyl (C=O) groups excluding carboxylic acids is 1. The van der Waals surface area contributed by atoms with Crippen LogP contribution in [0.1, 0.15) is 50.4 Å². The van der Waals surface area contributed by atoms with Gasteiger partial charge in [-0.05, 0) is 36.6 Å². The molecule has 1 aliphatic rings. The highest BCUT2D eigenvalue weighted by Gasteiger charge is 2.22. The second-order valence-corrected chi connectivity index (χ2v) is 7.56. The summed E-state index contributed by atoms with van der Waals surface area (Å²) in [7, 11) is 1.63. The van der Waals surface area contributed by atoms with Gasteiger partial charge < -0.3 is 24.8 Å². The Labute approximate surface area is 172 Å². The normalized spacial score (nSPS) is 15.2. The SMILES string of the molecule is COc1ccccc1[C@H](C)NC(=O)N[C@H](c1ccc2c(c1)OCCCO2)C(C)C. The molecular formula is C23H30N2O4. The Hall–Kier alpha value is -2.89. The van der Waals surface area contributed by atoms with Crippen LogP contribution in [-0.2, 0) is 0 Å². The lowest BCUT2D eigenvalue weighted by Crippen LogP contribution is -2.40. The second kappa shape index (κ2) is 9.54. The van der Waals surface area contributed by atoms with Crippen LogP contribution in [0.15, 0.2) is 42.5 Å². The summed E-state index contributed by atoms with van der Waals surface area (Å²) in [5, 5.41) is 6.12. The minimum atomic E-state index is -0.228. The maximum Gasteiger partial charge on any atom is 0.315 e. The first-order chi connectivity index (χ1) is 14.0. The van der Waals surface area contributed by atoms with Crippen LogP contribution in [0, 0.1) is 5.92 Å². The standard InChI is InChI=1S/C23H30N2O4/c1-15(2)22(17-10-11-20-21(14-17)29-13-7-12-28-20)25-23(26)24-16(3)18-8-5-6-9-19(18)27-4/h5-6,8-11,14-16,22H,7,12-13H2,1-4H3,(H2,24,25,26)/t16-,22-/m0/s1. The first kappa shape index (κ1) is 20.8. The van der Waals surface area contributed by atoms with Crippen LogP contribution in [0.3, 0.4) is 0 Å². The summed E-state index contributed by atoms with van der Waals surface area (Å²) in [5.74, 6) is 2.44. The number of urea groups is 1. The van der Waals surface area contributed by atoms with Gasteiger partial charge in [-0.1, -0.05) is 38.1 Å². The molecule has 29 heavy (non-hydrogen) atoms. The fourth-order valence-corrected chi connectivity index (χ4v) is 3.49. The summed E-state index contributed by atoms with van der Waals surface area (Å²) < 4.78 is 16.9. The number of para-hydroxylation sites is 1. The number of fused-ring (bicyclic) bond motifs is 1. The van der Waals surface area contributed by atoms with Gasteiger partial charge in [0.1, 0.15) is 5.75 Å². The lowest BCUT2D eigenvalue weighted by atomic mass is 9.95. The van der Waals surface area contributed by atoms with E-state index >= 15 is 0 Å². The van der Waals surface area contributed by atoms with Crippen molar-refractivity contribution >= 4 is 6.03 Å². The number of amides is 2. The number of nitrogens with one attached hydrogen (secondary N) is 2. The van der Waals surface area contributed by atoms with Crippen LogP contribution in [0.2, 0.25) is 0 Å². The van der Waals surface area contributed by atoms with Crippen molar-refractivity contribution in [2.45, 2.75) is 39.3 Å². The van der Waals surface area contributed by atoms with E-state index in [2.05, 4.69) is 24.5 Å². The lowest BCUT2D eigenvalue weighted by Gasteiger charge is -2.25. The number of hydrogen-bond donors (Lipinski definition) is 2. The van der Waals surface area contributed by atoms with Gasteiger partial charge in [0.15, 0.2) is 11.5 Å². The molecule has 0 saturated heterocycles. The molecule has 2 aromatic carbocycles. The van der Waals surface area contributed by atoms with Crippen molar-refractivity contribution in [3.05, 3.63) is 53.6 Å². The minimum absolute atomic E-state index is 0.156.